The highest BCUT2D eigenvalue weighted by atomic mass is 32.2. The minimum Gasteiger partial charge on any atom is -0.488 e. The lowest BCUT2D eigenvalue weighted by Crippen LogP contribution is -2.24. The van der Waals surface area contributed by atoms with Crippen LogP contribution in [0.5, 0.6) is 11.5 Å². The molecular formula is C25H23FN2O3S2. The normalized spacial score (nSPS) is 13.8. The zero-order chi connectivity index (χ0) is 22.9. The average Bonchev–Trinajstić information content (AvgIpc) is 3.39. The van der Waals surface area contributed by atoms with Gasteiger partial charge in [-0.2, -0.15) is 5.10 Å². The first-order valence-corrected chi connectivity index (χ1v) is 12.5. The zero-order valence-electron chi connectivity index (χ0n) is 17.8. The van der Waals surface area contributed by atoms with Crippen LogP contribution in [0.25, 0.3) is 0 Å². The highest BCUT2D eigenvalue weighted by Gasteiger charge is 2.18. The number of carbonyl (C=O) groups is 1. The van der Waals surface area contributed by atoms with Gasteiger partial charge in [0.25, 0.3) is 5.91 Å². The Morgan fingerprint density at radius 1 is 1.00 bits per heavy atom. The molecule has 33 heavy (non-hydrogen) atoms. The van der Waals surface area contributed by atoms with E-state index in [1.165, 1.54) is 35.4 Å². The molecule has 5 nitrogen and oxygen atoms in total. The summed E-state index contributed by atoms with van der Waals surface area (Å²) in [6.45, 7) is 0.161. The summed E-state index contributed by atoms with van der Waals surface area (Å²) in [5, 5.41) is 4.01. The van der Waals surface area contributed by atoms with E-state index >= 15 is 0 Å². The lowest BCUT2D eigenvalue weighted by atomic mass is 10.2. The maximum Gasteiger partial charge on any atom is 0.277 e. The number of hydrazone groups is 1. The summed E-state index contributed by atoms with van der Waals surface area (Å²) in [5.41, 5.74) is 5.29. The summed E-state index contributed by atoms with van der Waals surface area (Å²) >= 11 is 3.90. The molecule has 0 atom stereocenters. The Morgan fingerprint density at radius 2 is 1.73 bits per heavy atom. The largest absolute Gasteiger partial charge is 0.488 e. The number of para-hydroxylation sites is 1. The molecule has 1 amide bonds. The maximum absolute atomic E-state index is 13.0. The molecule has 8 heteroatoms. The Balaban J connectivity index is 1.24. The van der Waals surface area contributed by atoms with Crippen molar-refractivity contribution >= 4 is 35.6 Å². The predicted molar refractivity (Wildman–Crippen MR) is 133 cm³/mol. The first kappa shape index (κ1) is 23.2. The first-order chi connectivity index (χ1) is 16.2. The third-order valence-electron chi connectivity index (χ3n) is 4.76. The van der Waals surface area contributed by atoms with Gasteiger partial charge in [0.15, 0.2) is 6.61 Å². The van der Waals surface area contributed by atoms with Crippen LogP contribution in [0.15, 0.2) is 77.9 Å². The molecule has 1 fully saturated rings. The maximum atomic E-state index is 13.0. The SMILES string of the molecule is O=C(COc1ccc(C2SCCS2)cc1)N/N=C\c1ccccc1OCc1ccc(F)cc1. The quantitative estimate of drug-likeness (QED) is 0.326. The highest BCUT2D eigenvalue weighted by molar-refractivity contribution is 8.19. The van der Waals surface area contributed by atoms with Crippen LogP contribution in [0, 0.1) is 5.82 Å². The summed E-state index contributed by atoms with van der Waals surface area (Å²) in [6, 6.07) is 21.3. The fourth-order valence-electron chi connectivity index (χ4n) is 3.09. The molecule has 0 spiro atoms. The molecule has 3 aromatic carbocycles. The van der Waals surface area contributed by atoms with Gasteiger partial charge in [-0.15, -0.1) is 23.5 Å². The number of nitrogens with one attached hydrogen (secondary N) is 1. The van der Waals surface area contributed by atoms with Gasteiger partial charge in [0.2, 0.25) is 0 Å². The van der Waals surface area contributed by atoms with E-state index in [1.807, 2.05) is 72.1 Å². The van der Waals surface area contributed by atoms with E-state index in [0.29, 0.717) is 28.3 Å². The van der Waals surface area contributed by atoms with Crippen molar-refractivity contribution in [2.45, 2.75) is 11.2 Å². The number of nitrogens with zero attached hydrogens (tertiary/aromatic N) is 1. The molecule has 1 aliphatic rings. The van der Waals surface area contributed by atoms with Gasteiger partial charge in [-0.1, -0.05) is 36.4 Å². The molecule has 0 bridgehead atoms. The Kier molecular flexibility index (Phi) is 8.27. The number of rotatable bonds is 9. The van der Waals surface area contributed by atoms with Crippen molar-refractivity contribution in [2.24, 2.45) is 5.10 Å². The lowest BCUT2D eigenvalue weighted by Gasteiger charge is -2.10. The molecule has 0 aromatic heterocycles. The summed E-state index contributed by atoms with van der Waals surface area (Å²) in [7, 11) is 0. The van der Waals surface area contributed by atoms with Crippen molar-refractivity contribution in [2.75, 3.05) is 18.1 Å². The van der Waals surface area contributed by atoms with Gasteiger partial charge in [-0.3, -0.25) is 4.79 Å². The van der Waals surface area contributed by atoms with Gasteiger partial charge in [-0.05, 0) is 47.5 Å². The number of halogens is 1. The van der Waals surface area contributed by atoms with Gasteiger partial charge >= 0.3 is 0 Å². The number of hydrogen-bond acceptors (Lipinski definition) is 6. The van der Waals surface area contributed by atoms with E-state index in [1.54, 1.807) is 12.1 Å². The summed E-state index contributed by atoms with van der Waals surface area (Å²) in [6.07, 6.45) is 1.52. The average molecular weight is 483 g/mol. The van der Waals surface area contributed by atoms with Crippen molar-refractivity contribution in [3.8, 4) is 11.5 Å². The first-order valence-electron chi connectivity index (χ1n) is 10.4. The third kappa shape index (κ3) is 7.00. The van der Waals surface area contributed by atoms with Crippen LogP contribution in [0.3, 0.4) is 0 Å². The smallest absolute Gasteiger partial charge is 0.277 e. The van der Waals surface area contributed by atoms with E-state index < -0.39 is 0 Å². The van der Waals surface area contributed by atoms with Crippen LogP contribution in [0.2, 0.25) is 0 Å². The molecule has 0 aliphatic carbocycles. The van der Waals surface area contributed by atoms with Crippen molar-refractivity contribution in [1.82, 2.24) is 5.43 Å². The van der Waals surface area contributed by atoms with E-state index in [0.717, 1.165) is 5.56 Å². The third-order valence-corrected chi connectivity index (χ3v) is 7.87. The van der Waals surface area contributed by atoms with Gasteiger partial charge in [0, 0.05) is 17.1 Å². The Hall–Kier alpha value is -2.97. The summed E-state index contributed by atoms with van der Waals surface area (Å²) in [4.78, 5) is 12.1. The Labute approximate surface area is 200 Å². The molecule has 1 aliphatic heterocycles. The molecule has 0 radical (unpaired) electrons. The molecule has 1 heterocycles. The second kappa shape index (κ2) is 11.8. The lowest BCUT2D eigenvalue weighted by molar-refractivity contribution is -0.123. The highest BCUT2D eigenvalue weighted by Crippen LogP contribution is 2.45. The molecule has 0 unspecified atom stereocenters. The van der Waals surface area contributed by atoms with Crippen molar-refractivity contribution in [3.63, 3.8) is 0 Å². The Morgan fingerprint density at radius 3 is 2.48 bits per heavy atom. The van der Waals surface area contributed by atoms with Crippen molar-refractivity contribution in [3.05, 3.63) is 95.3 Å². The number of benzene rings is 3. The van der Waals surface area contributed by atoms with Crippen molar-refractivity contribution in [1.29, 1.82) is 0 Å². The second-order valence-electron chi connectivity index (χ2n) is 7.18. The van der Waals surface area contributed by atoms with E-state index in [-0.39, 0.29) is 18.3 Å². The molecule has 3 aromatic rings. The number of thioether (sulfide) groups is 2. The van der Waals surface area contributed by atoms with Crippen LogP contribution >= 0.6 is 23.5 Å². The molecule has 1 saturated heterocycles. The second-order valence-corrected chi connectivity index (χ2v) is 9.90. The van der Waals surface area contributed by atoms with Crippen LogP contribution in [-0.4, -0.2) is 30.2 Å². The minimum absolute atomic E-state index is 0.133. The van der Waals surface area contributed by atoms with Crippen LogP contribution in [-0.2, 0) is 11.4 Å². The van der Waals surface area contributed by atoms with E-state index in [2.05, 4.69) is 10.5 Å². The van der Waals surface area contributed by atoms with Crippen LogP contribution in [0.1, 0.15) is 21.3 Å². The van der Waals surface area contributed by atoms with Gasteiger partial charge < -0.3 is 9.47 Å². The van der Waals surface area contributed by atoms with E-state index in [9.17, 15) is 9.18 Å². The molecule has 170 valence electrons. The summed E-state index contributed by atoms with van der Waals surface area (Å²) < 4.78 is 24.9. The standard InChI is InChI=1S/C25H23FN2O3S2/c26-21-9-5-18(6-10-21)16-31-23-4-2-1-3-20(23)15-27-28-24(29)17-30-22-11-7-19(8-12-22)25-32-13-14-33-25/h1-12,15,25H,13-14,16-17H2,(H,28,29)/b27-15-. The van der Waals surface area contributed by atoms with E-state index in [4.69, 9.17) is 9.47 Å². The molecule has 4 rings (SSSR count). The minimum atomic E-state index is -0.359. The van der Waals surface area contributed by atoms with Gasteiger partial charge in [0.1, 0.15) is 23.9 Å². The summed E-state index contributed by atoms with van der Waals surface area (Å²) in [5.74, 6) is 2.96. The predicted octanol–water partition coefficient (Wildman–Crippen LogP) is 5.41. The van der Waals surface area contributed by atoms with Crippen LogP contribution < -0.4 is 14.9 Å². The van der Waals surface area contributed by atoms with Crippen molar-refractivity contribution < 1.29 is 18.7 Å². The molecule has 0 saturated carbocycles. The van der Waals surface area contributed by atoms with Gasteiger partial charge in [-0.25, -0.2) is 9.82 Å². The molecular weight excluding hydrogens is 459 g/mol. The number of carbonyl (C=O) groups excluding carboxylic acids is 1. The Bertz CT molecular complexity index is 1090. The monoisotopic (exact) mass is 482 g/mol. The number of hydrogen-bond donors (Lipinski definition) is 1. The number of amides is 1. The fraction of sp³-hybridized carbons (Fsp3) is 0.200. The fourth-order valence-corrected chi connectivity index (χ4v) is 5.95. The van der Waals surface area contributed by atoms with Gasteiger partial charge in [0.05, 0.1) is 10.8 Å². The molecule has 1 N–H and O–H groups in total. The number of ether oxygens (including phenoxy) is 2. The topological polar surface area (TPSA) is 59.9 Å². The van der Waals surface area contributed by atoms with Crippen LogP contribution in [0.4, 0.5) is 4.39 Å². The zero-order valence-corrected chi connectivity index (χ0v) is 19.4.